The Kier molecular flexibility index (Phi) is 4.07. The molecule has 106 valence electrons. The van der Waals surface area contributed by atoms with E-state index >= 15 is 0 Å². The summed E-state index contributed by atoms with van der Waals surface area (Å²) in [5, 5.41) is 9.11. The Morgan fingerprint density at radius 1 is 1.35 bits per heavy atom. The van der Waals surface area contributed by atoms with Gasteiger partial charge in [0, 0.05) is 12.1 Å². The van der Waals surface area contributed by atoms with E-state index in [-0.39, 0.29) is 17.4 Å². The molecule has 3 nitrogen and oxygen atoms in total. The monoisotopic (exact) mass is 282 g/mol. The van der Waals surface area contributed by atoms with E-state index in [0.29, 0.717) is 6.20 Å². The van der Waals surface area contributed by atoms with Crippen molar-refractivity contribution in [1.29, 1.82) is 5.26 Å². The lowest BCUT2D eigenvalue weighted by molar-refractivity contribution is -0.137. The summed E-state index contributed by atoms with van der Waals surface area (Å²) >= 11 is 0. The lowest BCUT2D eigenvalue weighted by atomic mass is 9.90. The molecule has 6 heteroatoms. The number of rotatable bonds is 3. The third kappa shape index (κ3) is 2.98. The zero-order chi connectivity index (χ0) is 14.8. The Hall–Kier alpha value is -1.90. The van der Waals surface area contributed by atoms with Crippen molar-refractivity contribution in [1.82, 2.24) is 4.98 Å². The number of hydrogen-bond donors (Lipinski definition) is 0. The second-order valence-corrected chi connectivity index (χ2v) is 4.92. The molecule has 1 aromatic heterocycles. The highest BCUT2D eigenvalue weighted by molar-refractivity contribution is 5.90. The van der Waals surface area contributed by atoms with Gasteiger partial charge in [0.05, 0.1) is 17.3 Å². The molecule has 0 aromatic carbocycles. The van der Waals surface area contributed by atoms with Crippen molar-refractivity contribution in [3.63, 3.8) is 0 Å². The van der Waals surface area contributed by atoms with Crippen molar-refractivity contribution in [3.8, 4) is 6.07 Å². The number of ketones is 1. The summed E-state index contributed by atoms with van der Waals surface area (Å²) in [4.78, 5) is 15.8. The number of halogens is 3. The third-order valence-electron chi connectivity index (χ3n) is 3.58. The first-order valence-electron chi connectivity index (χ1n) is 6.40. The molecule has 0 spiro atoms. The van der Waals surface area contributed by atoms with E-state index in [4.69, 9.17) is 5.26 Å². The van der Waals surface area contributed by atoms with Gasteiger partial charge in [-0.05, 0) is 25.0 Å². The summed E-state index contributed by atoms with van der Waals surface area (Å²) in [6.45, 7) is 0. The normalized spacial score (nSPS) is 17.7. The van der Waals surface area contributed by atoms with Crippen LogP contribution >= 0.6 is 0 Å². The number of Topliss-reactive ketones (excluding diaryl/α,β-unsaturated/α-hetero) is 1. The maximum atomic E-state index is 12.4. The molecule has 0 unspecified atom stereocenters. The molecular weight excluding hydrogens is 269 g/mol. The number of alkyl halides is 3. The highest BCUT2D eigenvalue weighted by atomic mass is 19.4. The van der Waals surface area contributed by atoms with Gasteiger partial charge < -0.3 is 0 Å². The molecule has 1 fully saturated rings. The fraction of sp³-hybridized carbons (Fsp3) is 0.500. The van der Waals surface area contributed by atoms with Crippen LogP contribution < -0.4 is 0 Å². The summed E-state index contributed by atoms with van der Waals surface area (Å²) < 4.78 is 37.3. The SMILES string of the molecule is N#C[C@H](C(=O)C1CCCC1)c1ccc(C(F)(F)F)cn1. The molecular formula is C14H13F3N2O. The Morgan fingerprint density at radius 2 is 2.00 bits per heavy atom. The summed E-state index contributed by atoms with van der Waals surface area (Å²) in [7, 11) is 0. The molecule has 0 amide bonds. The van der Waals surface area contributed by atoms with Crippen LogP contribution in [0.15, 0.2) is 18.3 Å². The van der Waals surface area contributed by atoms with Gasteiger partial charge in [-0.25, -0.2) is 0 Å². The molecule has 0 aliphatic heterocycles. The number of nitrogens with zero attached hydrogens (tertiary/aromatic N) is 2. The van der Waals surface area contributed by atoms with E-state index < -0.39 is 17.7 Å². The maximum Gasteiger partial charge on any atom is 0.417 e. The fourth-order valence-corrected chi connectivity index (χ4v) is 2.47. The largest absolute Gasteiger partial charge is 0.417 e. The van der Waals surface area contributed by atoms with Crippen molar-refractivity contribution < 1.29 is 18.0 Å². The zero-order valence-electron chi connectivity index (χ0n) is 10.7. The number of aromatic nitrogens is 1. The highest BCUT2D eigenvalue weighted by Crippen LogP contribution is 2.32. The smallest absolute Gasteiger partial charge is 0.297 e. The predicted molar refractivity (Wildman–Crippen MR) is 64.6 cm³/mol. The number of carbonyl (C=O) groups excluding carboxylic acids is 1. The van der Waals surface area contributed by atoms with Crippen molar-refractivity contribution in [2.75, 3.05) is 0 Å². The first-order valence-corrected chi connectivity index (χ1v) is 6.40. The predicted octanol–water partition coefficient (Wildman–Crippen LogP) is 3.47. The molecule has 20 heavy (non-hydrogen) atoms. The summed E-state index contributed by atoms with van der Waals surface area (Å²) in [6.07, 6.45) is -0.399. The second kappa shape index (κ2) is 5.61. The minimum absolute atomic E-state index is 0.0948. The molecule has 2 rings (SSSR count). The fourth-order valence-electron chi connectivity index (χ4n) is 2.47. The van der Waals surface area contributed by atoms with Crippen LogP contribution in [0.5, 0.6) is 0 Å². The van der Waals surface area contributed by atoms with Gasteiger partial charge in [-0.15, -0.1) is 0 Å². The second-order valence-electron chi connectivity index (χ2n) is 4.92. The van der Waals surface area contributed by atoms with Crippen LogP contribution in [0.2, 0.25) is 0 Å². The molecule has 1 atom stereocenters. The van der Waals surface area contributed by atoms with Crippen molar-refractivity contribution in [2.24, 2.45) is 5.92 Å². The Labute approximate surface area is 114 Å². The number of carbonyl (C=O) groups is 1. The van der Waals surface area contributed by atoms with Gasteiger partial charge in [-0.2, -0.15) is 18.4 Å². The van der Waals surface area contributed by atoms with Gasteiger partial charge in [0.25, 0.3) is 0 Å². The van der Waals surface area contributed by atoms with Crippen molar-refractivity contribution in [3.05, 3.63) is 29.6 Å². The lowest BCUT2D eigenvalue weighted by Gasteiger charge is -2.13. The van der Waals surface area contributed by atoms with Crippen LogP contribution in [0.4, 0.5) is 13.2 Å². The van der Waals surface area contributed by atoms with Gasteiger partial charge in [0.15, 0.2) is 5.78 Å². The summed E-state index contributed by atoms with van der Waals surface area (Å²) in [6, 6.07) is 3.83. The number of nitriles is 1. The summed E-state index contributed by atoms with van der Waals surface area (Å²) in [5.41, 5.74) is -0.788. The van der Waals surface area contributed by atoms with Crippen LogP contribution in [0.3, 0.4) is 0 Å². The van der Waals surface area contributed by atoms with Crippen LogP contribution in [0.1, 0.15) is 42.9 Å². The quantitative estimate of drug-likeness (QED) is 0.853. The topological polar surface area (TPSA) is 53.8 Å². The standard InChI is InChI=1S/C14H13F3N2O/c15-14(16,17)10-5-6-12(19-8-10)11(7-18)13(20)9-3-1-2-4-9/h5-6,8-9,11H,1-4H2/t11-/m0/s1. The molecule has 1 aromatic rings. The minimum Gasteiger partial charge on any atom is -0.297 e. The lowest BCUT2D eigenvalue weighted by Crippen LogP contribution is -2.20. The molecule has 0 radical (unpaired) electrons. The van der Waals surface area contributed by atoms with E-state index in [1.54, 1.807) is 0 Å². The highest BCUT2D eigenvalue weighted by Gasteiger charge is 2.33. The van der Waals surface area contributed by atoms with Crippen LogP contribution in [0.25, 0.3) is 0 Å². The van der Waals surface area contributed by atoms with E-state index in [0.717, 1.165) is 37.8 Å². The van der Waals surface area contributed by atoms with Crippen molar-refractivity contribution >= 4 is 5.78 Å². The first kappa shape index (κ1) is 14.5. The first-order chi connectivity index (χ1) is 9.43. The van der Waals surface area contributed by atoms with Gasteiger partial charge >= 0.3 is 6.18 Å². The van der Waals surface area contributed by atoms with Gasteiger partial charge in [-0.1, -0.05) is 12.8 Å². The molecule has 0 N–H and O–H groups in total. The van der Waals surface area contributed by atoms with E-state index in [9.17, 15) is 18.0 Å². The Morgan fingerprint density at radius 3 is 2.45 bits per heavy atom. The number of hydrogen-bond acceptors (Lipinski definition) is 3. The van der Waals surface area contributed by atoms with Gasteiger partial charge in [0.1, 0.15) is 5.92 Å². The molecule has 0 saturated heterocycles. The zero-order valence-corrected chi connectivity index (χ0v) is 10.7. The Bertz CT molecular complexity index is 525. The van der Waals surface area contributed by atoms with E-state index in [1.165, 1.54) is 0 Å². The molecule has 1 saturated carbocycles. The van der Waals surface area contributed by atoms with E-state index in [1.807, 2.05) is 6.07 Å². The number of pyridine rings is 1. The molecule has 0 bridgehead atoms. The van der Waals surface area contributed by atoms with Gasteiger partial charge in [0.2, 0.25) is 0 Å². The van der Waals surface area contributed by atoms with Crippen LogP contribution in [0, 0.1) is 17.2 Å². The van der Waals surface area contributed by atoms with Gasteiger partial charge in [-0.3, -0.25) is 9.78 Å². The molecule has 1 heterocycles. The Balaban J connectivity index is 2.20. The maximum absolute atomic E-state index is 12.4. The van der Waals surface area contributed by atoms with Crippen molar-refractivity contribution in [2.45, 2.75) is 37.8 Å². The average molecular weight is 282 g/mol. The molecule has 1 aliphatic carbocycles. The third-order valence-corrected chi connectivity index (χ3v) is 3.58. The van der Waals surface area contributed by atoms with E-state index in [2.05, 4.69) is 4.98 Å². The van der Waals surface area contributed by atoms with Crippen LogP contribution in [-0.4, -0.2) is 10.8 Å². The van der Waals surface area contributed by atoms with Crippen LogP contribution in [-0.2, 0) is 11.0 Å². The molecule has 1 aliphatic rings. The average Bonchev–Trinajstić information content (AvgIpc) is 2.93. The minimum atomic E-state index is -4.47. The summed E-state index contributed by atoms with van der Waals surface area (Å²) in [5.74, 6) is -1.46.